The second kappa shape index (κ2) is 9.66. The van der Waals surface area contributed by atoms with Gasteiger partial charge in [-0.3, -0.25) is 4.79 Å². The third-order valence-corrected chi connectivity index (χ3v) is 8.09. The van der Waals surface area contributed by atoms with Crippen LogP contribution >= 0.6 is 11.6 Å². The van der Waals surface area contributed by atoms with Crippen molar-refractivity contribution in [2.24, 2.45) is 5.14 Å². The molecule has 0 bridgehead atoms. The van der Waals surface area contributed by atoms with E-state index in [1.54, 1.807) is 24.3 Å². The summed E-state index contributed by atoms with van der Waals surface area (Å²) in [7, 11) is -7.39. The molecule has 2 aromatic carbocycles. The molecule has 0 aromatic heterocycles. The molecule has 11 heteroatoms. The van der Waals surface area contributed by atoms with Crippen LogP contribution in [-0.4, -0.2) is 40.1 Å². The van der Waals surface area contributed by atoms with Gasteiger partial charge in [-0.1, -0.05) is 42.3 Å². The number of nitrogens with two attached hydrogens (primary N) is 1. The number of nitrogens with one attached hydrogen (secondary N) is 1. The van der Waals surface area contributed by atoms with Crippen LogP contribution in [0.2, 0.25) is 5.02 Å². The summed E-state index contributed by atoms with van der Waals surface area (Å²) in [6.07, 6.45) is 2.59. The Morgan fingerprint density at radius 3 is 2.19 bits per heavy atom. The predicted molar refractivity (Wildman–Crippen MR) is 118 cm³/mol. The fourth-order valence-corrected chi connectivity index (χ4v) is 6.03. The van der Waals surface area contributed by atoms with E-state index in [4.69, 9.17) is 16.7 Å². The summed E-state index contributed by atoms with van der Waals surface area (Å²) in [6.45, 7) is 1.07. The number of hydrogen-bond acceptors (Lipinski definition) is 5. The Kier molecular flexibility index (Phi) is 7.38. The predicted octanol–water partition coefficient (Wildman–Crippen LogP) is 2.23. The highest BCUT2D eigenvalue weighted by Crippen LogP contribution is 2.28. The maximum absolute atomic E-state index is 13.0. The molecule has 3 N–H and O–H groups in total. The lowest BCUT2D eigenvalue weighted by Crippen LogP contribution is -2.36. The molecule has 1 aliphatic heterocycles. The quantitative estimate of drug-likeness (QED) is 0.621. The molecule has 8 nitrogen and oxygen atoms in total. The first kappa shape index (κ1) is 23.7. The second-order valence-electron chi connectivity index (χ2n) is 7.42. The number of carbonyl (C=O) groups is 1. The van der Waals surface area contributed by atoms with Crippen LogP contribution < -0.4 is 10.5 Å². The molecule has 2 aromatic rings. The summed E-state index contributed by atoms with van der Waals surface area (Å²) in [4.78, 5) is 12.5. The first-order chi connectivity index (χ1) is 14.6. The molecule has 31 heavy (non-hydrogen) atoms. The van der Waals surface area contributed by atoms with Crippen molar-refractivity contribution in [1.29, 1.82) is 0 Å². The zero-order chi connectivity index (χ0) is 22.6. The Bertz CT molecular complexity index is 1160. The largest absolute Gasteiger partial charge is 0.348 e. The number of carbonyl (C=O) groups excluding carboxylic acids is 1. The van der Waals surface area contributed by atoms with Crippen molar-refractivity contribution in [3.05, 3.63) is 64.2 Å². The maximum Gasteiger partial charge on any atom is 0.251 e. The standard InChI is InChI=1S/C20H24ClN3O5S2/c21-18-9-8-17(12-19(18)31(28,29)24-10-2-1-3-11-24)20(25)23-13-15-4-6-16(7-5-15)14-30(22,26)27/h4-9,12H,1-3,10-11,13-14H2,(H,23,25)(H2,22,26,27). The molecule has 1 amide bonds. The summed E-state index contributed by atoms with van der Waals surface area (Å²) in [5.41, 5.74) is 1.48. The molecule has 1 aliphatic rings. The SMILES string of the molecule is NS(=O)(=O)Cc1ccc(CNC(=O)c2ccc(Cl)c(S(=O)(=O)N3CCCCC3)c2)cc1. The highest BCUT2D eigenvalue weighted by molar-refractivity contribution is 7.89. The van der Waals surface area contributed by atoms with Crippen LogP contribution in [0.25, 0.3) is 0 Å². The van der Waals surface area contributed by atoms with Gasteiger partial charge in [0.1, 0.15) is 4.90 Å². The van der Waals surface area contributed by atoms with E-state index in [0.717, 1.165) is 24.8 Å². The van der Waals surface area contributed by atoms with Gasteiger partial charge in [-0.05, 0) is 42.2 Å². The van der Waals surface area contributed by atoms with E-state index in [1.807, 2.05) is 0 Å². The summed E-state index contributed by atoms with van der Waals surface area (Å²) >= 11 is 6.15. The summed E-state index contributed by atoms with van der Waals surface area (Å²) < 4.78 is 49.6. The molecule has 0 aliphatic carbocycles. The average molecular weight is 486 g/mol. The second-order valence-corrected chi connectivity index (χ2v) is 11.3. The minimum absolute atomic E-state index is 0.0731. The minimum atomic E-state index is -3.77. The molecule has 168 valence electrons. The zero-order valence-electron chi connectivity index (χ0n) is 16.8. The van der Waals surface area contributed by atoms with Gasteiger partial charge in [0.2, 0.25) is 20.0 Å². The first-order valence-electron chi connectivity index (χ1n) is 9.72. The van der Waals surface area contributed by atoms with E-state index in [9.17, 15) is 21.6 Å². The topological polar surface area (TPSA) is 127 Å². The van der Waals surface area contributed by atoms with Crippen LogP contribution in [0.15, 0.2) is 47.4 Å². The van der Waals surface area contributed by atoms with E-state index >= 15 is 0 Å². The Hall–Kier alpha value is -1.98. The smallest absolute Gasteiger partial charge is 0.251 e. The van der Waals surface area contributed by atoms with Gasteiger partial charge < -0.3 is 5.32 Å². The van der Waals surface area contributed by atoms with Crippen molar-refractivity contribution >= 4 is 37.6 Å². The maximum atomic E-state index is 13.0. The van der Waals surface area contributed by atoms with Crippen LogP contribution in [0.1, 0.15) is 40.7 Å². The van der Waals surface area contributed by atoms with Crippen molar-refractivity contribution in [2.75, 3.05) is 13.1 Å². The lowest BCUT2D eigenvalue weighted by molar-refractivity contribution is 0.0950. The van der Waals surface area contributed by atoms with E-state index < -0.39 is 26.0 Å². The van der Waals surface area contributed by atoms with Gasteiger partial charge in [0.15, 0.2) is 0 Å². The molecule has 0 unspecified atom stereocenters. The molecule has 3 rings (SSSR count). The number of sulfonamides is 2. The molecule has 0 spiro atoms. The third-order valence-electron chi connectivity index (χ3n) is 4.97. The van der Waals surface area contributed by atoms with Gasteiger partial charge in [-0.2, -0.15) is 4.31 Å². The Morgan fingerprint density at radius 2 is 1.58 bits per heavy atom. The molecule has 1 heterocycles. The number of piperidine rings is 1. The lowest BCUT2D eigenvalue weighted by atomic mass is 10.1. The van der Waals surface area contributed by atoms with Crippen LogP contribution in [0, 0.1) is 0 Å². The summed E-state index contributed by atoms with van der Waals surface area (Å²) in [6, 6.07) is 10.8. The van der Waals surface area contributed by atoms with Crippen molar-refractivity contribution in [3.63, 3.8) is 0 Å². The van der Waals surface area contributed by atoms with E-state index in [-0.39, 0.29) is 27.8 Å². The van der Waals surface area contributed by atoms with E-state index in [2.05, 4.69) is 5.32 Å². The van der Waals surface area contributed by atoms with Gasteiger partial charge in [0.25, 0.3) is 5.91 Å². The van der Waals surface area contributed by atoms with Crippen molar-refractivity contribution in [1.82, 2.24) is 9.62 Å². The number of amides is 1. The fraction of sp³-hybridized carbons (Fsp3) is 0.350. The molecule has 1 fully saturated rings. The van der Waals surface area contributed by atoms with Crippen molar-refractivity contribution in [3.8, 4) is 0 Å². The summed E-state index contributed by atoms with van der Waals surface area (Å²) in [5, 5.41) is 7.83. The van der Waals surface area contributed by atoms with Gasteiger partial charge >= 0.3 is 0 Å². The fourth-order valence-electron chi connectivity index (χ4n) is 3.36. The zero-order valence-corrected chi connectivity index (χ0v) is 19.1. The number of hydrogen-bond donors (Lipinski definition) is 2. The highest BCUT2D eigenvalue weighted by Gasteiger charge is 2.28. The molecular formula is C20H24ClN3O5S2. The molecule has 0 atom stereocenters. The van der Waals surface area contributed by atoms with Gasteiger partial charge in [-0.25, -0.2) is 22.0 Å². The molecule has 0 radical (unpaired) electrons. The van der Waals surface area contributed by atoms with Crippen LogP contribution in [0.4, 0.5) is 0 Å². The number of halogens is 1. The Labute approximate surface area is 187 Å². The normalized spacial score (nSPS) is 15.5. The van der Waals surface area contributed by atoms with Gasteiger partial charge in [0.05, 0.1) is 10.8 Å². The molecule has 0 saturated carbocycles. The number of benzene rings is 2. The average Bonchev–Trinajstić information content (AvgIpc) is 2.73. The molecular weight excluding hydrogens is 462 g/mol. The summed E-state index contributed by atoms with van der Waals surface area (Å²) in [5.74, 6) is -0.709. The monoisotopic (exact) mass is 485 g/mol. The highest BCUT2D eigenvalue weighted by atomic mass is 35.5. The van der Waals surface area contributed by atoms with Crippen LogP contribution in [-0.2, 0) is 32.3 Å². The lowest BCUT2D eigenvalue weighted by Gasteiger charge is -2.26. The Morgan fingerprint density at radius 1 is 0.968 bits per heavy atom. The number of primary sulfonamides is 1. The van der Waals surface area contributed by atoms with Crippen molar-refractivity contribution in [2.45, 2.75) is 36.5 Å². The van der Waals surface area contributed by atoms with Gasteiger partial charge in [0, 0.05) is 25.2 Å². The van der Waals surface area contributed by atoms with E-state index in [0.29, 0.717) is 18.7 Å². The van der Waals surface area contributed by atoms with Gasteiger partial charge in [-0.15, -0.1) is 0 Å². The van der Waals surface area contributed by atoms with E-state index in [1.165, 1.54) is 22.5 Å². The number of nitrogens with zero attached hydrogens (tertiary/aromatic N) is 1. The van der Waals surface area contributed by atoms with Crippen molar-refractivity contribution < 1.29 is 21.6 Å². The Balaban J connectivity index is 1.70. The number of rotatable bonds is 7. The minimum Gasteiger partial charge on any atom is -0.348 e. The third kappa shape index (κ3) is 6.27. The first-order valence-corrected chi connectivity index (χ1v) is 13.3. The van der Waals surface area contributed by atoms with Crippen LogP contribution in [0.3, 0.4) is 0 Å². The van der Waals surface area contributed by atoms with Crippen LogP contribution in [0.5, 0.6) is 0 Å². The molecule has 1 saturated heterocycles.